The summed E-state index contributed by atoms with van der Waals surface area (Å²) in [5, 5.41) is 7.86. The number of ether oxygens (including phenoxy) is 4. The Morgan fingerprint density at radius 2 is 1.79 bits per heavy atom. The van der Waals surface area contributed by atoms with Gasteiger partial charge in [-0.15, -0.1) is 10.2 Å². The highest BCUT2D eigenvalue weighted by atomic mass is 16.5. The van der Waals surface area contributed by atoms with E-state index in [-0.39, 0.29) is 12.0 Å². The average molecular weight is 387 g/mol. The van der Waals surface area contributed by atoms with Crippen LogP contribution in [-0.4, -0.2) is 60.5 Å². The van der Waals surface area contributed by atoms with Crippen molar-refractivity contribution in [3.63, 3.8) is 0 Å². The minimum Gasteiger partial charge on any atom is -0.490 e. The van der Waals surface area contributed by atoms with Crippen LogP contribution in [0.2, 0.25) is 0 Å². The van der Waals surface area contributed by atoms with Crippen molar-refractivity contribution in [1.82, 2.24) is 15.1 Å². The number of nitrogens with zero attached hydrogens (tertiary/aromatic N) is 3. The second-order valence-corrected chi connectivity index (χ2v) is 6.22. The minimum atomic E-state index is -0.124. The topological polar surface area (TPSA) is 83.0 Å². The largest absolute Gasteiger partial charge is 0.490 e. The summed E-state index contributed by atoms with van der Waals surface area (Å²) in [6, 6.07) is 8.67. The molecule has 1 aliphatic rings. The Hall–Kier alpha value is -3.03. The van der Waals surface area contributed by atoms with Crippen LogP contribution >= 0.6 is 0 Å². The molecule has 0 aliphatic carbocycles. The van der Waals surface area contributed by atoms with Gasteiger partial charge in [0.15, 0.2) is 11.5 Å². The molecule has 3 rings (SSSR count). The SMILES string of the molecule is CCOc1ccc(C(=O)N2CCC(Oc3ccc(OC)nn3)C2)cc1OCC. The van der Waals surface area contributed by atoms with Gasteiger partial charge in [-0.05, 0) is 32.0 Å². The number of carbonyl (C=O) groups excluding carboxylic acids is 1. The van der Waals surface area contributed by atoms with Gasteiger partial charge in [-0.3, -0.25) is 4.79 Å². The van der Waals surface area contributed by atoms with Gasteiger partial charge in [0.2, 0.25) is 11.8 Å². The standard InChI is InChI=1S/C20H25N3O5/c1-4-26-16-7-6-14(12-17(16)27-5-2)20(24)23-11-10-15(13-23)28-19-9-8-18(25-3)21-22-19/h6-9,12,15H,4-5,10-11,13H2,1-3H3. The van der Waals surface area contributed by atoms with E-state index in [0.717, 1.165) is 6.42 Å². The second-order valence-electron chi connectivity index (χ2n) is 6.22. The number of amides is 1. The smallest absolute Gasteiger partial charge is 0.254 e. The highest BCUT2D eigenvalue weighted by molar-refractivity contribution is 5.95. The quantitative estimate of drug-likeness (QED) is 0.688. The van der Waals surface area contributed by atoms with E-state index in [1.807, 2.05) is 13.8 Å². The van der Waals surface area contributed by atoms with Gasteiger partial charge in [0.1, 0.15) is 6.10 Å². The van der Waals surface area contributed by atoms with E-state index in [2.05, 4.69) is 10.2 Å². The molecule has 1 aromatic heterocycles. The maximum absolute atomic E-state index is 12.9. The van der Waals surface area contributed by atoms with Gasteiger partial charge in [0, 0.05) is 30.7 Å². The van der Waals surface area contributed by atoms with Crippen molar-refractivity contribution in [2.75, 3.05) is 33.4 Å². The van der Waals surface area contributed by atoms with Crippen molar-refractivity contribution in [3.05, 3.63) is 35.9 Å². The van der Waals surface area contributed by atoms with E-state index in [9.17, 15) is 4.79 Å². The third-order valence-corrected chi connectivity index (χ3v) is 4.33. The van der Waals surface area contributed by atoms with Gasteiger partial charge in [-0.25, -0.2) is 0 Å². The van der Waals surface area contributed by atoms with Crippen LogP contribution in [0.3, 0.4) is 0 Å². The van der Waals surface area contributed by atoms with Gasteiger partial charge >= 0.3 is 0 Å². The molecule has 1 atom stereocenters. The number of carbonyl (C=O) groups is 1. The molecule has 0 radical (unpaired) electrons. The second kappa shape index (κ2) is 9.25. The van der Waals surface area contributed by atoms with Crippen molar-refractivity contribution in [2.45, 2.75) is 26.4 Å². The zero-order valence-corrected chi connectivity index (χ0v) is 16.4. The molecule has 1 unspecified atom stereocenters. The zero-order valence-electron chi connectivity index (χ0n) is 16.4. The van der Waals surface area contributed by atoms with Gasteiger partial charge in [0.25, 0.3) is 5.91 Å². The molecule has 1 aliphatic heterocycles. The maximum Gasteiger partial charge on any atom is 0.254 e. The fourth-order valence-electron chi connectivity index (χ4n) is 3.03. The first-order valence-corrected chi connectivity index (χ1v) is 9.37. The Bertz CT molecular complexity index is 797. The van der Waals surface area contributed by atoms with Gasteiger partial charge in [-0.2, -0.15) is 0 Å². The molecule has 150 valence electrons. The summed E-state index contributed by atoms with van der Waals surface area (Å²) >= 11 is 0. The summed E-state index contributed by atoms with van der Waals surface area (Å²) in [5.74, 6) is 2.00. The lowest BCUT2D eigenvalue weighted by Gasteiger charge is -2.18. The molecule has 28 heavy (non-hydrogen) atoms. The van der Waals surface area contributed by atoms with Crippen LogP contribution in [0.5, 0.6) is 23.3 Å². The van der Waals surface area contributed by atoms with Crippen LogP contribution in [0.15, 0.2) is 30.3 Å². The highest BCUT2D eigenvalue weighted by Crippen LogP contribution is 2.29. The van der Waals surface area contributed by atoms with Crippen molar-refractivity contribution >= 4 is 5.91 Å². The molecular formula is C20H25N3O5. The zero-order chi connectivity index (χ0) is 19.9. The maximum atomic E-state index is 12.9. The summed E-state index contributed by atoms with van der Waals surface area (Å²) in [6.07, 6.45) is 0.607. The van der Waals surface area contributed by atoms with Gasteiger partial charge in [0.05, 0.1) is 26.9 Å². The summed E-state index contributed by atoms with van der Waals surface area (Å²) in [6.45, 7) is 5.95. The molecule has 0 saturated carbocycles. The predicted molar refractivity (Wildman–Crippen MR) is 102 cm³/mol. The monoisotopic (exact) mass is 387 g/mol. The third-order valence-electron chi connectivity index (χ3n) is 4.33. The molecular weight excluding hydrogens is 362 g/mol. The number of hydrogen-bond donors (Lipinski definition) is 0. The first-order valence-electron chi connectivity index (χ1n) is 9.37. The van der Waals surface area contributed by atoms with Crippen LogP contribution in [0.25, 0.3) is 0 Å². The minimum absolute atomic E-state index is 0.0593. The molecule has 1 aromatic carbocycles. The van der Waals surface area contributed by atoms with Crippen molar-refractivity contribution < 1.29 is 23.7 Å². The predicted octanol–water partition coefficient (Wildman–Crippen LogP) is 2.58. The molecule has 1 saturated heterocycles. The van der Waals surface area contributed by atoms with E-state index < -0.39 is 0 Å². The lowest BCUT2D eigenvalue weighted by molar-refractivity contribution is 0.0770. The Morgan fingerprint density at radius 1 is 1.07 bits per heavy atom. The Morgan fingerprint density at radius 3 is 2.46 bits per heavy atom. The van der Waals surface area contributed by atoms with E-state index in [1.54, 1.807) is 35.2 Å². The number of likely N-dealkylation sites (tertiary alicyclic amines) is 1. The summed E-state index contributed by atoms with van der Waals surface area (Å²) < 4.78 is 22.0. The number of aromatic nitrogens is 2. The Labute approximate surface area is 164 Å². The van der Waals surface area contributed by atoms with Crippen LogP contribution in [0, 0.1) is 0 Å². The molecule has 2 heterocycles. The first kappa shape index (κ1) is 19.7. The normalized spacial score (nSPS) is 16.0. The number of methoxy groups -OCH3 is 1. The fraction of sp³-hybridized carbons (Fsp3) is 0.450. The Kier molecular flexibility index (Phi) is 6.52. The van der Waals surface area contributed by atoms with Gasteiger partial charge in [-0.1, -0.05) is 0 Å². The fourth-order valence-corrected chi connectivity index (χ4v) is 3.03. The third kappa shape index (κ3) is 4.62. The van der Waals surface area contributed by atoms with E-state index >= 15 is 0 Å². The lowest BCUT2D eigenvalue weighted by Crippen LogP contribution is -2.31. The molecule has 8 heteroatoms. The average Bonchev–Trinajstić information content (AvgIpc) is 3.18. The number of hydrogen-bond acceptors (Lipinski definition) is 7. The molecule has 1 fully saturated rings. The molecule has 8 nitrogen and oxygen atoms in total. The summed E-state index contributed by atoms with van der Waals surface area (Å²) in [5.41, 5.74) is 0.566. The van der Waals surface area contributed by atoms with Crippen LogP contribution in [-0.2, 0) is 0 Å². The molecule has 0 bridgehead atoms. The molecule has 0 spiro atoms. The number of benzene rings is 1. The van der Waals surface area contributed by atoms with Crippen LogP contribution in [0.4, 0.5) is 0 Å². The van der Waals surface area contributed by atoms with Crippen LogP contribution < -0.4 is 18.9 Å². The summed E-state index contributed by atoms with van der Waals surface area (Å²) in [4.78, 5) is 14.7. The highest BCUT2D eigenvalue weighted by Gasteiger charge is 2.29. The van der Waals surface area contributed by atoms with Crippen molar-refractivity contribution in [3.8, 4) is 23.3 Å². The molecule has 2 aromatic rings. The lowest BCUT2D eigenvalue weighted by atomic mass is 10.1. The van der Waals surface area contributed by atoms with E-state index in [4.69, 9.17) is 18.9 Å². The van der Waals surface area contributed by atoms with Crippen molar-refractivity contribution in [1.29, 1.82) is 0 Å². The molecule has 1 amide bonds. The van der Waals surface area contributed by atoms with E-state index in [1.165, 1.54) is 7.11 Å². The van der Waals surface area contributed by atoms with E-state index in [0.29, 0.717) is 55.1 Å². The number of rotatable bonds is 8. The van der Waals surface area contributed by atoms with Crippen LogP contribution in [0.1, 0.15) is 30.6 Å². The van der Waals surface area contributed by atoms with Gasteiger partial charge < -0.3 is 23.8 Å². The van der Waals surface area contributed by atoms with Crippen molar-refractivity contribution in [2.24, 2.45) is 0 Å². The molecule has 0 N–H and O–H groups in total. The summed E-state index contributed by atoms with van der Waals surface area (Å²) in [7, 11) is 1.53. The Balaban J connectivity index is 1.64. The first-order chi connectivity index (χ1) is 13.6.